The lowest BCUT2D eigenvalue weighted by Crippen LogP contribution is -2.51. The molecule has 0 radical (unpaired) electrons. The molecule has 7 heterocycles. The number of benzene rings is 4. The number of fused-ring (bicyclic) bond motifs is 4. The Kier molecular flexibility index (Phi) is 13.5. The van der Waals surface area contributed by atoms with Gasteiger partial charge in [0.15, 0.2) is 11.6 Å². The summed E-state index contributed by atoms with van der Waals surface area (Å²) in [5.74, 6) is 2.43. The van der Waals surface area contributed by atoms with Crippen molar-refractivity contribution in [2.24, 2.45) is 0 Å². The van der Waals surface area contributed by atoms with E-state index >= 15 is 4.39 Å². The average Bonchev–Trinajstić information content (AvgIpc) is 4.10. The van der Waals surface area contributed by atoms with Crippen LogP contribution in [0.25, 0.3) is 50.0 Å². The van der Waals surface area contributed by atoms with Crippen LogP contribution in [0.3, 0.4) is 0 Å². The van der Waals surface area contributed by atoms with Gasteiger partial charge in [0.25, 0.3) is 5.91 Å². The predicted octanol–water partition coefficient (Wildman–Crippen LogP) is 6.80. The van der Waals surface area contributed by atoms with Gasteiger partial charge in [-0.3, -0.25) is 29.0 Å². The summed E-state index contributed by atoms with van der Waals surface area (Å²) < 4.78 is 25.3. The molecule has 0 spiro atoms. The second-order valence-electron chi connectivity index (χ2n) is 21.3. The van der Waals surface area contributed by atoms with E-state index < -0.39 is 11.7 Å². The lowest BCUT2D eigenvalue weighted by atomic mass is 9.96. The highest BCUT2D eigenvalue weighted by atomic mass is 19.1. The van der Waals surface area contributed by atoms with Gasteiger partial charge in [0.2, 0.25) is 5.82 Å². The number of amides is 1. The number of likely N-dealkylation sites (N-methyl/N-ethyl adjacent to an activating group) is 1. The number of rotatable bonds is 13. The Hall–Kier alpha value is -7.43. The molecule has 4 saturated heterocycles. The summed E-state index contributed by atoms with van der Waals surface area (Å²) >= 11 is 0. The Bertz CT molecular complexity index is 3340. The van der Waals surface area contributed by atoms with Gasteiger partial charge in [-0.15, -0.1) is 16.6 Å². The first-order chi connectivity index (χ1) is 36.2. The molecule has 4 atom stereocenters. The fraction of sp³-hybridized carbons (Fsp3) is 0.404. The van der Waals surface area contributed by atoms with Gasteiger partial charge in [0.1, 0.15) is 40.9 Å². The smallest absolute Gasteiger partial charge is 0.319 e. The first-order valence-corrected chi connectivity index (χ1v) is 26.0. The number of nitrogens with zero attached hydrogens (tertiary/aromatic N) is 10. The van der Waals surface area contributed by atoms with Gasteiger partial charge in [-0.1, -0.05) is 44.0 Å². The van der Waals surface area contributed by atoms with Crippen LogP contribution in [0, 0.1) is 18.2 Å². The number of nitrogens with one attached hydrogen (secondary N) is 2. The Balaban J connectivity index is 0.771. The van der Waals surface area contributed by atoms with E-state index in [0.29, 0.717) is 74.7 Å². The molecule has 75 heavy (non-hydrogen) atoms. The van der Waals surface area contributed by atoms with Crippen molar-refractivity contribution in [3.63, 3.8) is 0 Å². The van der Waals surface area contributed by atoms with E-state index in [0.717, 1.165) is 77.2 Å². The van der Waals surface area contributed by atoms with E-state index in [1.807, 2.05) is 52.0 Å². The Morgan fingerprint density at radius 3 is 2.40 bits per heavy atom. The maximum Gasteiger partial charge on any atom is 0.319 e. The zero-order valence-corrected chi connectivity index (χ0v) is 43.0. The summed E-state index contributed by atoms with van der Waals surface area (Å²) in [5, 5.41) is 49.4. The molecule has 4 aromatic carbocycles. The zero-order chi connectivity index (χ0) is 52.2. The Labute approximate surface area is 435 Å². The number of hydrogen-bond donors (Lipinski definition) is 5. The third kappa shape index (κ3) is 9.77. The topological polar surface area (TPSA) is 193 Å². The summed E-state index contributed by atoms with van der Waals surface area (Å²) in [4.78, 5) is 37.4. The lowest BCUT2D eigenvalue weighted by molar-refractivity contribution is 0.0930. The van der Waals surface area contributed by atoms with Crippen LogP contribution in [-0.4, -0.2) is 155 Å². The molecular weight excluding hydrogens is 952 g/mol. The van der Waals surface area contributed by atoms with E-state index in [-0.39, 0.29) is 64.1 Å². The highest BCUT2D eigenvalue weighted by molar-refractivity contribution is 6.03. The van der Waals surface area contributed by atoms with Crippen LogP contribution in [-0.2, 0) is 6.54 Å². The highest BCUT2D eigenvalue weighted by Crippen LogP contribution is 2.41. The summed E-state index contributed by atoms with van der Waals surface area (Å²) in [6.07, 6.45) is 10.6. The van der Waals surface area contributed by atoms with Gasteiger partial charge in [-0.05, 0) is 99.0 Å². The number of halogens is 1. The minimum atomic E-state index is -0.636. The van der Waals surface area contributed by atoms with Crippen LogP contribution < -0.4 is 20.3 Å². The number of carbonyl (C=O) groups is 1. The number of aromatic hydroxyl groups is 3. The standard InChI is InChI=1S/C57H63FN12O5/c1-7-35-9-8-10-36-21-42(71)23-45(49(35)36)51-50(58)52-46(26-59-51)53(69-28-37-13-14-38(29-69)61-37)63-57(62-52)75-31-41-22-40(30-66(41)6)68-19-17-67(18-20-68)27-34-11-15-39(16-12-34)70-54(64-65-55(70)56(74)60-33(4)5)44-24-43(32(2)3)47(72)25-48(44)73/h1,8-12,15-16,21,23-26,32-33,37-38,40-41,61,71-73H,13-14,17-20,22,27-31H2,2-6H3,(H,60,74)/t37?,38?,40-,41-/m0/s1. The van der Waals surface area contributed by atoms with Crippen molar-refractivity contribution < 1.29 is 29.2 Å². The first-order valence-electron chi connectivity index (χ1n) is 26.0. The van der Waals surface area contributed by atoms with Crippen LogP contribution in [0.15, 0.2) is 72.9 Å². The van der Waals surface area contributed by atoms with E-state index in [1.54, 1.807) is 29.0 Å². The molecule has 7 aromatic rings. The van der Waals surface area contributed by atoms with Crippen molar-refractivity contribution in [1.29, 1.82) is 0 Å². The van der Waals surface area contributed by atoms with Crippen LogP contribution in [0.4, 0.5) is 10.2 Å². The van der Waals surface area contributed by atoms with Crippen molar-refractivity contribution >= 4 is 33.4 Å². The summed E-state index contributed by atoms with van der Waals surface area (Å²) in [6, 6.07) is 20.6. The quantitative estimate of drug-likeness (QED) is 0.0757. The number of terminal acetylenes is 1. The largest absolute Gasteiger partial charge is 0.508 e. The predicted molar refractivity (Wildman–Crippen MR) is 286 cm³/mol. The minimum absolute atomic E-state index is 0.0129. The van der Waals surface area contributed by atoms with Crippen LogP contribution in [0.2, 0.25) is 0 Å². The fourth-order valence-electron chi connectivity index (χ4n) is 11.6. The third-order valence-electron chi connectivity index (χ3n) is 15.4. The zero-order valence-electron chi connectivity index (χ0n) is 43.0. The number of hydrogen-bond acceptors (Lipinski definition) is 15. The summed E-state index contributed by atoms with van der Waals surface area (Å²) in [6.45, 7) is 14.7. The second-order valence-corrected chi connectivity index (χ2v) is 21.3. The van der Waals surface area contributed by atoms with Gasteiger partial charge < -0.3 is 35.6 Å². The van der Waals surface area contributed by atoms with Crippen LogP contribution >= 0.6 is 0 Å². The molecule has 2 unspecified atom stereocenters. The van der Waals surface area contributed by atoms with E-state index in [2.05, 4.69) is 70.5 Å². The molecule has 4 aliphatic rings. The summed E-state index contributed by atoms with van der Waals surface area (Å²) in [5.41, 5.74) is 3.86. The molecular formula is C57H63FN12O5. The molecule has 5 N–H and O–H groups in total. The first kappa shape index (κ1) is 49.8. The number of aromatic nitrogens is 6. The second kappa shape index (κ2) is 20.4. The Morgan fingerprint density at radius 1 is 0.920 bits per heavy atom. The molecule has 2 bridgehead atoms. The van der Waals surface area contributed by atoms with Gasteiger partial charge in [-0.25, -0.2) is 4.39 Å². The molecule has 0 aliphatic carbocycles. The molecule has 3 aromatic heterocycles. The number of anilines is 1. The molecule has 11 rings (SSSR count). The monoisotopic (exact) mass is 1010 g/mol. The number of phenolic OH excluding ortho intramolecular Hbond substituents is 3. The number of likely N-dealkylation sites (tertiary alicyclic amines) is 1. The number of ether oxygens (including phenoxy) is 1. The van der Waals surface area contributed by atoms with E-state index in [9.17, 15) is 20.1 Å². The van der Waals surface area contributed by atoms with Crippen LogP contribution in [0.1, 0.15) is 80.2 Å². The molecule has 388 valence electrons. The van der Waals surface area contributed by atoms with Gasteiger partial charge in [0.05, 0.1) is 10.9 Å². The lowest BCUT2D eigenvalue weighted by Gasteiger charge is -2.38. The molecule has 17 nitrogen and oxygen atoms in total. The van der Waals surface area contributed by atoms with Gasteiger partial charge in [0, 0.05) is 117 Å². The Morgan fingerprint density at radius 2 is 1.68 bits per heavy atom. The number of phenols is 3. The maximum absolute atomic E-state index is 17.2. The normalized spacial score (nSPS) is 20.4. The number of carbonyl (C=O) groups excluding carboxylic acids is 1. The van der Waals surface area contributed by atoms with Crippen molar-refractivity contribution in [2.75, 3.05) is 64.4 Å². The SMILES string of the molecule is C#Cc1cccc2cc(O)cc(-c3ncc4c(N5CC6CCC(C5)N6)nc(OC[C@@H]5C[C@H](N6CCN(Cc7ccc(-n8c(C(=O)NC(C)C)nnc8-c8cc(C(C)C)c(O)cc8O)cc7)CC6)CN5C)nc4c3F)c12. The number of piperazine rings is 2. The van der Waals surface area contributed by atoms with Crippen molar-refractivity contribution in [3.05, 3.63) is 101 Å². The summed E-state index contributed by atoms with van der Waals surface area (Å²) in [7, 11) is 2.12. The molecule has 0 saturated carbocycles. The van der Waals surface area contributed by atoms with E-state index in [1.165, 1.54) is 12.1 Å². The molecule has 1 amide bonds. The molecule has 4 aliphatic heterocycles. The number of pyridine rings is 1. The third-order valence-corrected chi connectivity index (χ3v) is 15.4. The van der Waals surface area contributed by atoms with Crippen LogP contribution in [0.5, 0.6) is 23.3 Å². The highest BCUT2D eigenvalue weighted by Gasteiger charge is 2.37. The molecule has 4 fully saturated rings. The fourth-order valence-corrected chi connectivity index (χ4v) is 11.6. The molecule has 18 heteroatoms. The van der Waals surface area contributed by atoms with Crippen molar-refractivity contribution in [2.45, 2.75) is 89.6 Å². The van der Waals surface area contributed by atoms with Crippen molar-refractivity contribution in [3.8, 4) is 63.9 Å². The van der Waals surface area contributed by atoms with Crippen molar-refractivity contribution in [1.82, 2.24) is 55.0 Å². The van der Waals surface area contributed by atoms with Gasteiger partial charge >= 0.3 is 6.01 Å². The van der Waals surface area contributed by atoms with Gasteiger partial charge in [-0.2, -0.15) is 9.97 Å². The minimum Gasteiger partial charge on any atom is -0.508 e. The maximum atomic E-state index is 17.2. The average molecular weight is 1020 g/mol. The van der Waals surface area contributed by atoms with E-state index in [4.69, 9.17) is 21.1 Å².